The van der Waals surface area contributed by atoms with Gasteiger partial charge < -0.3 is 4.98 Å². The molecular weight excluding hydrogens is 378 g/mol. The van der Waals surface area contributed by atoms with E-state index in [0.717, 1.165) is 24.1 Å². The number of rotatable bonds is 4. The largest absolute Gasteiger partial charge is 0.326 e. The van der Waals surface area contributed by atoms with Crippen molar-refractivity contribution in [1.29, 1.82) is 0 Å². The summed E-state index contributed by atoms with van der Waals surface area (Å²) in [5.41, 5.74) is 4.37. The summed E-state index contributed by atoms with van der Waals surface area (Å²) in [6.45, 7) is 4.14. The lowest BCUT2D eigenvalue weighted by Gasteiger charge is -2.45. The smallest absolute Gasteiger partial charge is 0.276 e. The molecule has 0 radical (unpaired) electrons. The molecule has 2 aromatic rings. The third-order valence-electron chi connectivity index (χ3n) is 5.87. The van der Waals surface area contributed by atoms with Gasteiger partial charge in [-0.25, -0.2) is 0 Å². The van der Waals surface area contributed by atoms with Gasteiger partial charge in [0.1, 0.15) is 5.54 Å². The molecule has 6 heteroatoms. The molecule has 2 aliphatic carbocycles. The number of aromatic nitrogens is 1. The van der Waals surface area contributed by atoms with E-state index in [2.05, 4.69) is 24.1 Å². The number of hydrogen-bond acceptors (Lipinski definition) is 4. The highest BCUT2D eigenvalue weighted by atomic mass is 16.6. The topological polar surface area (TPSA) is 88.4 Å². The Labute approximate surface area is 174 Å². The van der Waals surface area contributed by atoms with Gasteiger partial charge in [-0.3, -0.25) is 19.9 Å². The Kier molecular flexibility index (Phi) is 5.08. The van der Waals surface area contributed by atoms with Gasteiger partial charge in [-0.15, -0.1) is 0 Å². The van der Waals surface area contributed by atoms with Gasteiger partial charge >= 0.3 is 0 Å². The van der Waals surface area contributed by atoms with E-state index in [1.807, 2.05) is 13.0 Å². The van der Waals surface area contributed by atoms with E-state index in [-0.39, 0.29) is 22.1 Å². The van der Waals surface area contributed by atoms with Crippen LogP contribution in [0, 0.1) is 16.0 Å². The van der Waals surface area contributed by atoms with Crippen LogP contribution < -0.4 is 5.56 Å². The van der Waals surface area contributed by atoms with E-state index in [1.165, 1.54) is 17.2 Å². The zero-order valence-corrected chi connectivity index (χ0v) is 17.0. The molecule has 152 valence electrons. The van der Waals surface area contributed by atoms with Crippen molar-refractivity contribution < 1.29 is 4.92 Å². The number of benzene rings is 1. The van der Waals surface area contributed by atoms with Crippen molar-refractivity contribution in [2.45, 2.75) is 32.2 Å². The Morgan fingerprint density at radius 1 is 1.27 bits per heavy atom. The van der Waals surface area contributed by atoms with Crippen LogP contribution in [0.25, 0.3) is 6.08 Å². The SMILES string of the molecule is C/C=C1\[C@H]2C=C(C)C[C@]1(N=CC=Cc1ccccc1[N+](=O)[O-])c1ccc(=O)[nH]c1C2. The monoisotopic (exact) mass is 401 g/mol. The Morgan fingerprint density at radius 2 is 2.07 bits per heavy atom. The summed E-state index contributed by atoms with van der Waals surface area (Å²) >= 11 is 0. The standard InChI is InChI=1S/C24H23N3O3/c1-3-19-18-13-16(2)15-24(19,20-10-11-23(28)26-21(20)14-18)25-12-6-8-17-7-4-5-9-22(17)27(29)30/h3-13,18H,14-15H2,1-2H3,(H,26,28)/b8-6?,19-3+,25-12?/t18-,24+/m0/s1. The molecule has 1 heterocycles. The number of H-pyrrole nitrogens is 1. The molecule has 2 atom stereocenters. The van der Waals surface area contributed by atoms with Crippen LogP contribution in [0.2, 0.25) is 0 Å². The fourth-order valence-corrected chi connectivity index (χ4v) is 4.76. The van der Waals surface area contributed by atoms with Crippen LogP contribution in [0.4, 0.5) is 5.69 Å². The molecule has 0 aliphatic heterocycles. The van der Waals surface area contributed by atoms with Crippen molar-refractivity contribution in [2.75, 3.05) is 0 Å². The second-order valence-corrected chi connectivity index (χ2v) is 7.77. The number of nitro groups is 1. The number of nitrogens with one attached hydrogen (secondary N) is 1. The highest BCUT2D eigenvalue weighted by Crippen LogP contribution is 2.51. The lowest BCUT2D eigenvalue weighted by Crippen LogP contribution is -2.40. The number of nitro benzene ring substituents is 1. The second kappa shape index (κ2) is 7.71. The summed E-state index contributed by atoms with van der Waals surface area (Å²) in [5.74, 6) is 0.200. The number of allylic oxidation sites excluding steroid dienone is 3. The van der Waals surface area contributed by atoms with Gasteiger partial charge in [-0.05, 0) is 50.1 Å². The van der Waals surface area contributed by atoms with Gasteiger partial charge in [0.15, 0.2) is 0 Å². The van der Waals surface area contributed by atoms with Crippen LogP contribution in [0.1, 0.15) is 37.1 Å². The molecule has 0 saturated carbocycles. The third kappa shape index (κ3) is 3.34. The van der Waals surface area contributed by atoms with Gasteiger partial charge in [0.25, 0.3) is 5.69 Å². The van der Waals surface area contributed by atoms with Crippen molar-refractivity contribution in [3.63, 3.8) is 0 Å². The predicted octanol–water partition coefficient (Wildman–Crippen LogP) is 4.73. The zero-order chi connectivity index (χ0) is 21.3. The minimum absolute atomic E-state index is 0.0616. The molecule has 2 bridgehead atoms. The van der Waals surface area contributed by atoms with Crippen LogP contribution in [0.15, 0.2) is 75.6 Å². The fourth-order valence-electron chi connectivity index (χ4n) is 4.76. The summed E-state index contributed by atoms with van der Waals surface area (Å²) in [4.78, 5) is 30.7. The van der Waals surface area contributed by atoms with E-state index in [0.29, 0.717) is 5.56 Å². The highest BCUT2D eigenvalue weighted by molar-refractivity contribution is 5.81. The molecule has 1 aromatic heterocycles. The molecule has 0 amide bonds. The summed E-state index contributed by atoms with van der Waals surface area (Å²) in [6.07, 6.45) is 11.0. The maximum atomic E-state index is 11.9. The third-order valence-corrected chi connectivity index (χ3v) is 5.87. The van der Waals surface area contributed by atoms with Crippen molar-refractivity contribution in [1.82, 2.24) is 4.98 Å². The fraction of sp³-hybridized carbons (Fsp3) is 0.250. The first kappa shape index (κ1) is 19.8. The molecule has 30 heavy (non-hydrogen) atoms. The van der Waals surface area contributed by atoms with E-state index in [1.54, 1.807) is 42.6 Å². The molecule has 0 saturated heterocycles. The van der Waals surface area contributed by atoms with E-state index in [4.69, 9.17) is 4.99 Å². The normalized spacial score (nSPS) is 24.3. The molecule has 6 nitrogen and oxygen atoms in total. The molecule has 0 unspecified atom stereocenters. The number of aromatic amines is 1. The average molecular weight is 401 g/mol. The quantitative estimate of drug-likeness (QED) is 0.348. The minimum atomic E-state index is -0.566. The average Bonchev–Trinajstić information content (AvgIpc) is 2.70. The van der Waals surface area contributed by atoms with Crippen LogP contribution in [-0.4, -0.2) is 16.1 Å². The minimum Gasteiger partial charge on any atom is -0.326 e. The Morgan fingerprint density at radius 3 is 2.83 bits per heavy atom. The van der Waals surface area contributed by atoms with Crippen molar-refractivity contribution in [2.24, 2.45) is 10.9 Å². The highest BCUT2D eigenvalue weighted by Gasteiger charge is 2.46. The summed E-state index contributed by atoms with van der Waals surface area (Å²) in [5, 5.41) is 11.2. The first-order valence-corrected chi connectivity index (χ1v) is 9.96. The van der Waals surface area contributed by atoms with E-state index in [9.17, 15) is 14.9 Å². The molecule has 2 aliphatic rings. The van der Waals surface area contributed by atoms with Gasteiger partial charge in [-0.2, -0.15) is 0 Å². The number of fused-ring (bicyclic) bond motifs is 4. The van der Waals surface area contributed by atoms with Crippen LogP contribution in [0.3, 0.4) is 0 Å². The molecule has 0 fully saturated rings. The number of pyridine rings is 1. The molecule has 1 N–H and O–H groups in total. The number of hydrogen-bond donors (Lipinski definition) is 1. The molecule has 0 spiro atoms. The number of para-hydroxylation sites is 1. The summed E-state index contributed by atoms with van der Waals surface area (Å²) in [7, 11) is 0. The van der Waals surface area contributed by atoms with Crippen molar-refractivity contribution in [3.05, 3.63) is 103 Å². The van der Waals surface area contributed by atoms with Gasteiger partial charge in [0.05, 0.1) is 10.5 Å². The van der Waals surface area contributed by atoms with Gasteiger partial charge in [0, 0.05) is 41.9 Å². The van der Waals surface area contributed by atoms with Crippen LogP contribution >= 0.6 is 0 Å². The van der Waals surface area contributed by atoms with Gasteiger partial charge in [0.2, 0.25) is 5.56 Å². The zero-order valence-electron chi connectivity index (χ0n) is 17.0. The Bertz CT molecular complexity index is 1190. The van der Waals surface area contributed by atoms with Crippen molar-refractivity contribution >= 4 is 18.0 Å². The molecule has 4 rings (SSSR count). The maximum Gasteiger partial charge on any atom is 0.276 e. The van der Waals surface area contributed by atoms with Gasteiger partial charge in [-0.1, -0.05) is 29.9 Å². The molecule has 1 aromatic carbocycles. The van der Waals surface area contributed by atoms with E-state index >= 15 is 0 Å². The number of nitrogens with zero attached hydrogens (tertiary/aromatic N) is 2. The lowest BCUT2D eigenvalue weighted by molar-refractivity contribution is -0.385. The van der Waals surface area contributed by atoms with Crippen molar-refractivity contribution in [3.8, 4) is 0 Å². The summed E-state index contributed by atoms with van der Waals surface area (Å²) < 4.78 is 0. The Hall–Kier alpha value is -3.54. The maximum absolute atomic E-state index is 11.9. The Balaban J connectivity index is 1.77. The van der Waals surface area contributed by atoms with Crippen LogP contribution in [-0.2, 0) is 12.0 Å². The second-order valence-electron chi connectivity index (χ2n) is 7.77. The predicted molar refractivity (Wildman–Crippen MR) is 119 cm³/mol. The van der Waals surface area contributed by atoms with Crippen LogP contribution in [0.5, 0.6) is 0 Å². The van der Waals surface area contributed by atoms with E-state index < -0.39 is 5.54 Å². The first-order valence-electron chi connectivity index (χ1n) is 9.96. The first-order chi connectivity index (χ1) is 14.4. The summed E-state index contributed by atoms with van der Waals surface area (Å²) in [6, 6.07) is 10.1. The lowest BCUT2D eigenvalue weighted by atomic mass is 9.63. The number of aliphatic imine (C=N–C) groups is 1. The molecular formula is C24H23N3O3.